The molecule has 0 aromatic heterocycles. The second-order valence-corrected chi connectivity index (χ2v) is 6.39. The fourth-order valence-corrected chi connectivity index (χ4v) is 1.75. The molecule has 0 amide bonds. The van der Waals surface area contributed by atoms with Crippen molar-refractivity contribution < 1.29 is 35.9 Å². The molecule has 0 saturated heterocycles. The van der Waals surface area contributed by atoms with Gasteiger partial charge in [-0.05, 0) is 23.8 Å². The second kappa shape index (κ2) is 7.40. The summed E-state index contributed by atoms with van der Waals surface area (Å²) in [6, 6.07) is 5.75. The number of rotatable bonds is 5. The number of carbonyl (C=O) groups excluding carboxylic acids is 1. The Balaban J connectivity index is 3.01. The minimum Gasteiger partial charge on any atom is -0.430 e. The highest BCUT2D eigenvalue weighted by Crippen LogP contribution is 2.36. The van der Waals surface area contributed by atoms with Gasteiger partial charge >= 0.3 is 12.3 Å². The van der Waals surface area contributed by atoms with Gasteiger partial charge in [0.25, 0.3) is 6.17 Å². The van der Waals surface area contributed by atoms with E-state index in [-0.39, 0.29) is 11.1 Å². The van der Waals surface area contributed by atoms with Gasteiger partial charge in [0.05, 0.1) is 5.57 Å². The molecule has 0 fully saturated rings. The van der Waals surface area contributed by atoms with E-state index < -0.39 is 35.4 Å². The molecule has 26 heavy (non-hydrogen) atoms. The number of allylic oxidation sites excluding steroid dienone is 1. The van der Waals surface area contributed by atoms with Crippen LogP contribution in [0.15, 0.2) is 29.8 Å². The molecule has 0 spiro atoms. The summed E-state index contributed by atoms with van der Waals surface area (Å²) in [5.41, 5.74) is -0.750. The number of hydrogen-bond acceptors (Lipinski definition) is 3. The van der Waals surface area contributed by atoms with Gasteiger partial charge in [-0.25, -0.2) is 4.39 Å². The highest BCUT2D eigenvalue weighted by atomic mass is 19.4. The number of carbonyl (C=O) groups is 1. The van der Waals surface area contributed by atoms with E-state index in [1.54, 1.807) is 26.8 Å². The zero-order valence-corrected chi connectivity index (χ0v) is 14.0. The molecule has 0 saturated carbocycles. The van der Waals surface area contributed by atoms with Crippen molar-refractivity contribution in [2.75, 3.05) is 0 Å². The van der Waals surface area contributed by atoms with Gasteiger partial charge in [0.15, 0.2) is 5.78 Å². The summed E-state index contributed by atoms with van der Waals surface area (Å²) in [5, 5.41) is 9.05. The summed E-state index contributed by atoms with van der Waals surface area (Å²) in [4.78, 5) is 12.1. The highest BCUT2D eigenvalue weighted by molar-refractivity contribution is 6.06. The second-order valence-electron chi connectivity index (χ2n) is 6.39. The standard InChI is InChI=1S/C17H15F6NO2/c1-15(2,3)13(25)11(9-24)8-10-4-6-12(7-5-10)26-17(22,23)14(18)16(19,20)21/h4-8,14H,1-3H3. The highest BCUT2D eigenvalue weighted by Gasteiger charge is 2.59. The Morgan fingerprint density at radius 2 is 1.62 bits per heavy atom. The molecule has 1 rings (SSSR count). The minimum absolute atomic E-state index is 0.183. The van der Waals surface area contributed by atoms with Crippen LogP contribution in [0, 0.1) is 16.7 Å². The molecule has 142 valence electrons. The average Bonchev–Trinajstić information content (AvgIpc) is 2.50. The van der Waals surface area contributed by atoms with Crippen molar-refractivity contribution >= 4 is 11.9 Å². The number of ether oxygens (including phenoxy) is 1. The third-order valence-corrected chi connectivity index (χ3v) is 3.07. The van der Waals surface area contributed by atoms with E-state index in [1.165, 1.54) is 6.08 Å². The van der Waals surface area contributed by atoms with Crippen LogP contribution in [0.4, 0.5) is 26.3 Å². The zero-order chi connectivity index (χ0) is 20.3. The Labute approximate surface area is 145 Å². The number of Topliss-reactive ketones (excluding diaryl/α,β-unsaturated/α-hetero) is 1. The summed E-state index contributed by atoms with van der Waals surface area (Å²) >= 11 is 0. The van der Waals surface area contributed by atoms with Gasteiger partial charge in [-0.3, -0.25) is 4.79 Å². The first-order valence-electron chi connectivity index (χ1n) is 7.23. The largest absolute Gasteiger partial charge is 0.439 e. The number of hydrogen-bond donors (Lipinski definition) is 0. The normalized spacial score (nSPS) is 14.5. The topological polar surface area (TPSA) is 50.1 Å². The summed E-state index contributed by atoms with van der Waals surface area (Å²) < 4.78 is 79.1. The number of nitrogens with zero attached hydrogens (tertiary/aromatic N) is 1. The SMILES string of the molecule is CC(C)(C)C(=O)C(C#N)=Cc1ccc(OC(F)(F)C(F)C(F)(F)F)cc1. The van der Waals surface area contributed by atoms with Crippen molar-refractivity contribution in [3.8, 4) is 11.8 Å². The maximum Gasteiger partial charge on any atom is 0.439 e. The number of ketones is 1. The molecule has 1 aromatic carbocycles. The number of nitriles is 1. The van der Waals surface area contributed by atoms with Crippen LogP contribution >= 0.6 is 0 Å². The van der Waals surface area contributed by atoms with Crippen LogP contribution in [0.25, 0.3) is 6.08 Å². The Morgan fingerprint density at radius 1 is 1.12 bits per heavy atom. The molecule has 0 aliphatic heterocycles. The van der Waals surface area contributed by atoms with Crippen LogP contribution in [0.2, 0.25) is 0 Å². The first-order chi connectivity index (χ1) is 11.7. The summed E-state index contributed by atoms with van der Waals surface area (Å²) in [5.74, 6) is -1.16. The fraction of sp³-hybridized carbons (Fsp3) is 0.412. The molecule has 3 nitrogen and oxygen atoms in total. The van der Waals surface area contributed by atoms with Gasteiger partial charge in [-0.1, -0.05) is 32.9 Å². The molecule has 1 unspecified atom stereocenters. The Morgan fingerprint density at radius 3 is 2.00 bits per heavy atom. The maximum atomic E-state index is 13.2. The number of halogens is 6. The Hall–Kier alpha value is -2.50. The molecule has 1 atom stereocenters. The quantitative estimate of drug-likeness (QED) is 0.407. The van der Waals surface area contributed by atoms with Gasteiger partial charge in [0, 0.05) is 5.41 Å². The lowest BCUT2D eigenvalue weighted by atomic mass is 9.86. The van der Waals surface area contributed by atoms with E-state index in [1.807, 2.05) is 0 Å². The molecular formula is C17H15F6NO2. The van der Waals surface area contributed by atoms with E-state index in [4.69, 9.17) is 5.26 Å². The van der Waals surface area contributed by atoms with Crippen LogP contribution in [-0.2, 0) is 4.79 Å². The summed E-state index contributed by atoms with van der Waals surface area (Å²) in [6.45, 7) is 4.81. The van der Waals surface area contributed by atoms with Crippen LogP contribution in [0.3, 0.4) is 0 Å². The minimum atomic E-state index is -5.78. The summed E-state index contributed by atoms with van der Waals surface area (Å²) in [6.07, 6.45) is -14.2. The number of benzene rings is 1. The van der Waals surface area contributed by atoms with Gasteiger partial charge in [0.1, 0.15) is 11.8 Å². The van der Waals surface area contributed by atoms with Crippen LogP contribution in [0.5, 0.6) is 5.75 Å². The average molecular weight is 379 g/mol. The van der Waals surface area contributed by atoms with Crippen LogP contribution < -0.4 is 4.74 Å². The smallest absolute Gasteiger partial charge is 0.430 e. The maximum absolute atomic E-state index is 13.2. The lowest BCUT2D eigenvalue weighted by molar-refractivity contribution is -0.304. The molecule has 0 N–H and O–H groups in total. The molecule has 0 radical (unpaired) electrons. The fourth-order valence-electron chi connectivity index (χ4n) is 1.75. The molecular weight excluding hydrogens is 364 g/mol. The predicted octanol–water partition coefficient (Wildman–Crippen LogP) is 5.08. The van der Waals surface area contributed by atoms with Gasteiger partial charge < -0.3 is 4.74 Å². The zero-order valence-electron chi connectivity index (χ0n) is 14.0. The van der Waals surface area contributed by atoms with E-state index in [9.17, 15) is 31.1 Å². The van der Waals surface area contributed by atoms with E-state index in [2.05, 4.69) is 4.74 Å². The number of alkyl halides is 6. The molecule has 0 aliphatic rings. The molecule has 0 aliphatic carbocycles. The first kappa shape index (κ1) is 21.5. The van der Waals surface area contributed by atoms with Gasteiger partial charge in [-0.15, -0.1) is 0 Å². The van der Waals surface area contributed by atoms with E-state index in [0.717, 1.165) is 24.3 Å². The molecule has 1 aromatic rings. The van der Waals surface area contributed by atoms with Crippen molar-refractivity contribution in [1.29, 1.82) is 5.26 Å². The van der Waals surface area contributed by atoms with Crippen molar-refractivity contribution in [3.05, 3.63) is 35.4 Å². The van der Waals surface area contributed by atoms with Crippen LogP contribution in [-0.4, -0.2) is 24.2 Å². The third-order valence-electron chi connectivity index (χ3n) is 3.07. The predicted molar refractivity (Wildman–Crippen MR) is 81.0 cm³/mol. The lowest BCUT2D eigenvalue weighted by Crippen LogP contribution is -2.45. The monoisotopic (exact) mass is 379 g/mol. The molecule has 0 heterocycles. The van der Waals surface area contributed by atoms with E-state index >= 15 is 0 Å². The third kappa shape index (κ3) is 5.51. The molecule has 0 bridgehead atoms. The summed E-state index contributed by atoms with van der Waals surface area (Å²) in [7, 11) is 0. The first-order valence-corrected chi connectivity index (χ1v) is 7.23. The van der Waals surface area contributed by atoms with Crippen molar-refractivity contribution in [2.24, 2.45) is 5.41 Å². The van der Waals surface area contributed by atoms with Gasteiger partial charge in [-0.2, -0.15) is 27.2 Å². The van der Waals surface area contributed by atoms with Crippen molar-refractivity contribution in [2.45, 2.75) is 39.2 Å². The lowest BCUT2D eigenvalue weighted by Gasteiger charge is -2.23. The van der Waals surface area contributed by atoms with Gasteiger partial charge in [0.2, 0.25) is 0 Å². The Bertz CT molecular complexity index is 724. The Kier molecular flexibility index (Phi) is 6.13. The van der Waals surface area contributed by atoms with Crippen molar-refractivity contribution in [1.82, 2.24) is 0 Å². The van der Waals surface area contributed by atoms with E-state index in [0.29, 0.717) is 0 Å². The van der Waals surface area contributed by atoms with Crippen LogP contribution in [0.1, 0.15) is 26.3 Å². The van der Waals surface area contributed by atoms with Crippen molar-refractivity contribution in [3.63, 3.8) is 0 Å². The molecule has 9 heteroatoms.